The van der Waals surface area contributed by atoms with Crippen molar-refractivity contribution >= 4 is 17.5 Å². The summed E-state index contributed by atoms with van der Waals surface area (Å²) in [5.74, 6) is -1.79. The number of benzene rings is 2. The van der Waals surface area contributed by atoms with Crippen LogP contribution in [0.25, 0.3) is 0 Å². The van der Waals surface area contributed by atoms with Crippen LogP contribution in [0.1, 0.15) is 24.0 Å². The Morgan fingerprint density at radius 2 is 1.77 bits per heavy atom. The van der Waals surface area contributed by atoms with E-state index in [1.165, 1.54) is 12.1 Å². The third-order valence-electron chi connectivity index (χ3n) is 4.94. The lowest BCUT2D eigenvalue weighted by Gasteiger charge is -2.34. The van der Waals surface area contributed by atoms with Crippen LogP contribution >= 0.6 is 0 Å². The molecule has 0 aromatic heterocycles. The van der Waals surface area contributed by atoms with Crippen LogP contribution in [0, 0.1) is 0 Å². The van der Waals surface area contributed by atoms with Gasteiger partial charge in [0, 0.05) is 5.69 Å². The molecular formula is C21H21F3N2O5. The smallest absolute Gasteiger partial charge is 0.497 e. The van der Waals surface area contributed by atoms with Crippen LogP contribution in [0.4, 0.5) is 18.9 Å². The maximum absolute atomic E-state index is 12.2. The molecule has 2 aromatic rings. The number of rotatable bonds is 5. The number of halogens is 3. The zero-order chi connectivity index (χ0) is 22.6. The van der Waals surface area contributed by atoms with Crippen molar-refractivity contribution in [3.63, 3.8) is 0 Å². The van der Waals surface area contributed by atoms with Crippen LogP contribution in [0.2, 0.25) is 0 Å². The number of methoxy groups -OCH3 is 1. The summed E-state index contributed by atoms with van der Waals surface area (Å²) in [4.78, 5) is 24.3. The number of nitrogens with one attached hydrogen (secondary N) is 2. The molecule has 2 aromatic carbocycles. The molecule has 7 nitrogen and oxygen atoms in total. The zero-order valence-corrected chi connectivity index (χ0v) is 16.6. The molecule has 0 heterocycles. The van der Waals surface area contributed by atoms with E-state index >= 15 is 0 Å². The molecule has 0 saturated heterocycles. The first-order chi connectivity index (χ1) is 14.6. The number of hydrogen-bond acceptors (Lipinski definition) is 5. The largest absolute Gasteiger partial charge is 0.573 e. The second kappa shape index (κ2) is 8.84. The van der Waals surface area contributed by atoms with Crippen LogP contribution in [0.3, 0.4) is 0 Å². The van der Waals surface area contributed by atoms with E-state index in [-0.39, 0.29) is 12.2 Å². The number of alkyl halides is 3. The third kappa shape index (κ3) is 5.66. The van der Waals surface area contributed by atoms with Crippen molar-refractivity contribution in [3.05, 3.63) is 53.6 Å². The lowest BCUT2D eigenvalue weighted by molar-refractivity contribution is -0.274. The maximum atomic E-state index is 12.2. The fourth-order valence-electron chi connectivity index (χ4n) is 3.48. The molecule has 0 fully saturated rings. The number of aryl methyl sites for hydroxylation is 1. The van der Waals surface area contributed by atoms with Gasteiger partial charge in [0.2, 0.25) is 0 Å². The van der Waals surface area contributed by atoms with Gasteiger partial charge in [-0.05, 0) is 66.8 Å². The van der Waals surface area contributed by atoms with Crippen LogP contribution in [-0.4, -0.2) is 36.9 Å². The summed E-state index contributed by atoms with van der Waals surface area (Å²) in [6.07, 6.45) is -2.95. The van der Waals surface area contributed by atoms with Gasteiger partial charge in [0.15, 0.2) is 0 Å². The minimum Gasteiger partial charge on any atom is -0.497 e. The van der Waals surface area contributed by atoms with Crippen molar-refractivity contribution in [3.8, 4) is 11.5 Å². The first-order valence-electron chi connectivity index (χ1n) is 9.44. The second-order valence-corrected chi connectivity index (χ2v) is 7.12. The SMILES string of the molecule is COc1ccc2c(c1)CCCC2(O)CNC(=O)C(=O)Nc1ccc(OC(F)(F)F)cc1. The Morgan fingerprint density at radius 3 is 2.42 bits per heavy atom. The van der Waals surface area contributed by atoms with Crippen LogP contribution in [-0.2, 0) is 21.6 Å². The molecule has 1 atom stereocenters. The highest BCUT2D eigenvalue weighted by molar-refractivity contribution is 6.39. The first kappa shape index (κ1) is 22.4. The van der Waals surface area contributed by atoms with Gasteiger partial charge in [-0.25, -0.2) is 0 Å². The normalized spacial score (nSPS) is 18.0. The average Bonchev–Trinajstić information content (AvgIpc) is 2.72. The highest BCUT2D eigenvalue weighted by atomic mass is 19.4. The van der Waals surface area contributed by atoms with Gasteiger partial charge in [-0.15, -0.1) is 13.2 Å². The van der Waals surface area contributed by atoms with Gasteiger partial charge in [0.25, 0.3) is 0 Å². The number of amides is 2. The van der Waals surface area contributed by atoms with E-state index in [1.54, 1.807) is 19.2 Å². The maximum Gasteiger partial charge on any atom is 0.573 e. The summed E-state index contributed by atoms with van der Waals surface area (Å²) < 4.78 is 45.5. The van der Waals surface area contributed by atoms with E-state index in [4.69, 9.17) is 4.74 Å². The molecule has 0 saturated carbocycles. The summed E-state index contributed by atoms with van der Waals surface area (Å²) >= 11 is 0. The van der Waals surface area contributed by atoms with Gasteiger partial charge in [-0.2, -0.15) is 0 Å². The molecule has 3 N–H and O–H groups in total. The molecule has 1 unspecified atom stereocenters. The average molecular weight is 438 g/mol. The molecule has 0 radical (unpaired) electrons. The topological polar surface area (TPSA) is 96.9 Å². The Bertz CT molecular complexity index is 962. The molecule has 2 amide bonds. The molecule has 3 rings (SSSR count). The number of hydrogen-bond donors (Lipinski definition) is 3. The number of ether oxygens (including phenoxy) is 2. The number of fused-ring (bicyclic) bond motifs is 1. The Labute approximate surface area is 176 Å². The van der Waals surface area contributed by atoms with Gasteiger partial charge in [0.1, 0.15) is 17.1 Å². The molecule has 1 aliphatic rings. The number of carbonyl (C=O) groups excluding carboxylic acids is 2. The Balaban J connectivity index is 1.59. The van der Waals surface area contributed by atoms with Crippen molar-refractivity contribution < 1.29 is 37.3 Å². The number of anilines is 1. The molecule has 0 aliphatic heterocycles. The van der Waals surface area contributed by atoms with E-state index < -0.39 is 29.5 Å². The van der Waals surface area contributed by atoms with Crippen LogP contribution < -0.4 is 20.1 Å². The van der Waals surface area contributed by atoms with Gasteiger partial charge < -0.3 is 25.2 Å². The summed E-state index contributed by atoms with van der Waals surface area (Å²) in [5.41, 5.74) is 0.365. The Hall–Kier alpha value is -3.27. The van der Waals surface area contributed by atoms with Crippen molar-refractivity contribution in [2.75, 3.05) is 19.0 Å². The van der Waals surface area contributed by atoms with Crippen molar-refractivity contribution in [1.82, 2.24) is 5.32 Å². The highest BCUT2D eigenvalue weighted by Gasteiger charge is 2.35. The molecular weight excluding hydrogens is 417 g/mol. The molecule has 166 valence electrons. The number of carbonyl (C=O) groups is 2. The number of aliphatic hydroxyl groups is 1. The fourth-order valence-corrected chi connectivity index (χ4v) is 3.48. The molecule has 31 heavy (non-hydrogen) atoms. The van der Waals surface area contributed by atoms with E-state index in [2.05, 4.69) is 15.4 Å². The second-order valence-electron chi connectivity index (χ2n) is 7.12. The first-order valence-corrected chi connectivity index (χ1v) is 9.44. The molecule has 0 spiro atoms. The van der Waals surface area contributed by atoms with Crippen molar-refractivity contribution in [1.29, 1.82) is 0 Å². The Kier molecular flexibility index (Phi) is 6.40. The summed E-state index contributed by atoms with van der Waals surface area (Å²) in [6.45, 7) is -0.170. The standard InChI is InChI=1S/C21H21F3N2O5/c1-30-16-8-9-17-13(11-16)3-2-10-20(17,29)12-25-18(27)19(28)26-14-4-6-15(7-5-14)31-21(22,23)24/h4-9,11,29H,2-3,10,12H2,1H3,(H,25,27)(H,26,28). The van der Waals surface area contributed by atoms with Crippen molar-refractivity contribution in [2.24, 2.45) is 0 Å². The van der Waals surface area contributed by atoms with E-state index in [0.717, 1.165) is 24.1 Å². The molecule has 1 aliphatic carbocycles. The predicted molar refractivity (Wildman–Crippen MR) is 105 cm³/mol. The lowest BCUT2D eigenvalue weighted by atomic mass is 9.79. The summed E-state index contributed by atoms with van der Waals surface area (Å²) in [5, 5.41) is 15.7. The van der Waals surface area contributed by atoms with Gasteiger partial charge in [0.05, 0.1) is 13.7 Å². The van der Waals surface area contributed by atoms with Gasteiger partial charge in [-0.1, -0.05) is 6.07 Å². The third-order valence-corrected chi connectivity index (χ3v) is 4.94. The minimum absolute atomic E-state index is 0.114. The van der Waals surface area contributed by atoms with Crippen molar-refractivity contribution in [2.45, 2.75) is 31.2 Å². The van der Waals surface area contributed by atoms with Crippen LogP contribution in [0.15, 0.2) is 42.5 Å². The highest BCUT2D eigenvalue weighted by Crippen LogP contribution is 2.36. The van der Waals surface area contributed by atoms with E-state index in [9.17, 15) is 27.9 Å². The van der Waals surface area contributed by atoms with Gasteiger partial charge >= 0.3 is 18.2 Å². The molecule has 10 heteroatoms. The fraction of sp³-hybridized carbons (Fsp3) is 0.333. The van der Waals surface area contributed by atoms with E-state index in [1.807, 2.05) is 6.07 Å². The molecule has 0 bridgehead atoms. The lowest BCUT2D eigenvalue weighted by Crippen LogP contribution is -2.46. The van der Waals surface area contributed by atoms with Crippen LogP contribution in [0.5, 0.6) is 11.5 Å². The summed E-state index contributed by atoms with van der Waals surface area (Å²) in [7, 11) is 1.55. The Morgan fingerprint density at radius 1 is 1.10 bits per heavy atom. The predicted octanol–water partition coefficient (Wildman–Crippen LogP) is 2.87. The van der Waals surface area contributed by atoms with E-state index in [0.29, 0.717) is 24.2 Å². The zero-order valence-electron chi connectivity index (χ0n) is 16.6. The summed E-state index contributed by atoms with van der Waals surface area (Å²) in [6, 6.07) is 9.66. The quantitative estimate of drug-likeness (QED) is 0.624. The monoisotopic (exact) mass is 438 g/mol. The van der Waals surface area contributed by atoms with Gasteiger partial charge in [-0.3, -0.25) is 9.59 Å². The minimum atomic E-state index is -4.83.